The van der Waals surface area contributed by atoms with E-state index in [1.165, 1.54) is 0 Å². The van der Waals surface area contributed by atoms with Crippen molar-refractivity contribution in [3.8, 4) is 0 Å². The number of rotatable bonds is 9. The van der Waals surface area contributed by atoms with Crippen LogP contribution in [0, 0.1) is 0 Å². The number of nitrogens with one attached hydrogen (secondary N) is 1. The second-order valence-corrected chi connectivity index (χ2v) is 8.06. The molecule has 1 aliphatic carbocycles. The summed E-state index contributed by atoms with van der Waals surface area (Å²) in [5.41, 5.74) is -0.507. The van der Waals surface area contributed by atoms with Crippen molar-refractivity contribution in [2.75, 3.05) is 46.3 Å². The molecule has 0 spiro atoms. The topological polar surface area (TPSA) is 77.5 Å². The summed E-state index contributed by atoms with van der Waals surface area (Å²) in [7, 11) is 1.86. The number of hydrogen-bond donors (Lipinski definition) is 1. The third-order valence-corrected chi connectivity index (χ3v) is 4.40. The molecular formula is C20H40IN5O3. The van der Waals surface area contributed by atoms with Crippen molar-refractivity contribution in [2.45, 2.75) is 66.0 Å². The lowest BCUT2D eigenvalue weighted by molar-refractivity contribution is -0.131. The van der Waals surface area contributed by atoms with Crippen LogP contribution in [0.4, 0.5) is 4.79 Å². The van der Waals surface area contributed by atoms with Crippen LogP contribution >= 0.6 is 24.0 Å². The van der Waals surface area contributed by atoms with E-state index in [4.69, 9.17) is 4.74 Å². The molecule has 1 saturated carbocycles. The van der Waals surface area contributed by atoms with Gasteiger partial charge in [0.15, 0.2) is 5.96 Å². The molecule has 170 valence electrons. The van der Waals surface area contributed by atoms with Crippen molar-refractivity contribution in [1.29, 1.82) is 0 Å². The molecule has 0 aromatic heterocycles. The summed E-state index contributed by atoms with van der Waals surface area (Å²) in [6, 6.07) is 0.259. The first-order valence-corrected chi connectivity index (χ1v) is 10.4. The number of ether oxygens (including phenoxy) is 1. The Morgan fingerprint density at radius 3 is 2.17 bits per heavy atom. The number of carbonyl (C=O) groups is 2. The number of carbonyl (C=O) groups excluding carboxylic acids is 2. The number of halogens is 1. The highest BCUT2D eigenvalue weighted by atomic mass is 127. The van der Waals surface area contributed by atoms with Gasteiger partial charge in [-0.3, -0.25) is 9.79 Å². The van der Waals surface area contributed by atoms with Crippen LogP contribution in [-0.2, 0) is 9.53 Å². The largest absolute Gasteiger partial charge is 0.444 e. The number of hydrogen-bond acceptors (Lipinski definition) is 4. The van der Waals surface area contributed by atoms with Crippen LogP contribution < -0.4 is 5.32 Å². The number of guanidine groups is 1. The number of likely N-dealkylation sites (N-methyl/N-ethyl adjacent to an activating group) is 2. The summed E-state index contributed by atoms with van der Waals surface area (Å²) in [6.07, 6.45) is 1.75. The molecule has 0 aliphatic heterocycles. The average molecular weight is 525 g/mol. The molecular weight excluding hydrogens is 485 g/mol. The van der Waals surface area contributed by atoms with E-state index < -0.39 is 5.60 Å². The Kier molecular flexibility index (Phi) is 12.6. The minimum atomic E-state index is -0.507. The molecule has 2 amide bonds. The molecule has 0 bridgehead atoms. The van der Waals surface area contributed by atoms with Crippen LogP contribution in [0.2, 0.25) is 0 Å². The molecule has 1 rings (SSSR count). The van der Waals surface area contributed by atoms with Gasteiger partial charge in [-0.15, -0.1) is 24.0 Å². The van der Waals surface area contributed by atoms with E-state index >= 15 is 0 Å². The molecule has 0 atom stereocenters. The minimum absolute atomic E-state index is 0. The van der Waals surface area contributed by atoms with Gasteiger partial charge >= 0.3 is 6.09 Å². The highest BCUT2D eigenvalue weighted by Crippen LogP contribution is 2.28. The summed E-state index contributed by atoms with van der Waals surface area (Å²) in [6.45, 7) is 14.9. The van der Waals surface area contributed by atoms with Crippen molar-refractivity contribution < 1.29 is 14.3 Å². The van der Waals surface area contributed by atoms with Crippen molar-refractivity contribution >= 4 is 41.9 Å². The molecule has 8 nitrogen and oxygen atoms in total. The van der Waals surface area contributed by atoms with Gasteiger partial charge in [0.25, 0.3) is 0 Å². The lowest BCUT2D eigenvalue weighted by Gasteiger charge is -2.28. The number of aliphatic imine (C=N–C) groups is 1. The zero-order chi connectivity index (χ0) is 21.3. The molecule has 1 aliphatic rings. The Morgan fingerprint density at radius 2 is 1.72 bits per heavy atom. The van der Waals surface area contributed by atoms with E-state index in [-0.39, 0.29) is 48.6 Å². The molecule has 0 saturated heterocycles. The van der Waals surface area contributed by atoms with Gasteiger partial charge in [-0.25, -0.2) is 4.79 Å². The van der Waals surface area contributed by atoms with Crippen LogP contribution in [0.25, 0.3) is 0 Å². The van der Waals surface area contributed by atoms with E-state index in [1.807, 2.05) is 53.5 Å². The molecule has 0 unspecified atom stereocenters. The van der Waals surface area contributed by atoms with Crippen LogP contribution in [0.5, 0.6) is 0 Å². The highest BCUT2D eigenvalue weighted by molar-refractivity contribution is 14.0. The molecule has 29 heavy (non-hydrogen) atoms. The Labute approximate surface area is 193 Å². The van der Waals surface area contributed by atoms with Gasteiger partial charge in [-0.05, 0) is 54.4 Å². The molecule has 9 heteroatoms. The Morgan fingerprint density at radius 1 is 1.14 bits per heavy atom. The molecule has 0 radical (unpaired) electrons. The van der Waals surface area contributed by atoms with Crippen molar-refractivity contribution in [2.24, 2.45) is 4.99 Å². The van der Waals surface area contributed by atoms with Crippen molar-refractivity contribution in [3.63, 3.8) is 0 Å². The average Bonchev–Trinajstić information content (AvgIpc) is 3.41. The van der Waals surface area contributed by atoms with Gasteiger partial charge in [-0.1, -0.05) is 0 Å². The lowest BCUT2D eigenvalue weighted by atomic mass is 10.2. The van der Waals surface area contributed by atoms with Gasteiger partial charge in [0, 0.05) is 39.3 Å². The first-order valence-electron chi connectivity index (χ1n) is 10.4. The maximum atomic E-state index is 12.4. The van der Waals surface area contributed by atoms with Crippen LogP contribution in [0.1, 0.15) is 54.4 Å². The van der Waals surface area contributed by atoms with Gasteiger partial charge in [-0.2, -0.15) is 0 Å². The Bertz CT molecular complexity index is 543. The van der Waals surface area contributed by atoms with E-state index in [9.17, 15) is 9.59 Å². The summed E-state index contributed by atoms with van der Waals surface area (Å²) >= 11 is 0. The third-order valence-electron chi connectivity index (χ3n) is 4.40. The monoisotopic (exact) mass is 525 g/mol. The minimum Gasteiger partial charge on any atom is -0.444 e. The summed E-state index contributed by atoms with van der Waals surface area (Å²) in [5, 5.41) is 3.22. The lowest BCUT2D eigenvalue weighted by Crippen LogP contribution is -2.46. The summed E-state index contributed by atoms with van der Waals surface area (Å²) in [5.74, 6) is 0.745. The maximum absolute atomic E-state index is 12.4. The van der Waals surface area contributed by atoms with Crippen LogP contribution in [0.15, 0.2) is 4.99 Å². The molecule has 0 aromatic carbocycles. The second kappa shape index (κ2) is 13.1. The maximum Gasteiger partial charge on any atom is 0.410 e. The third kappa shape index (κ3) is 10.4. The second-order valence-electron chi connectivity index (χ2n) is 8.06. The van der Waals surface area contributed by atoms with E-state index in [2.05, 4.69) is 10.3 Å². The number of amides is 2. The quantitative estimate of drug-likeness (QED) is 0.285. The van der Waals surface area contributed by atoms with Crippen molar-refractivity contribution in [3.05, 3.63) is 0 Å². The molecule has 1 fully saturated rings. The Hall–Kier alpha value is -1.26. The Balaban J connectivity index is 0.00000784. The van der Waals surface area contributed by atoms with Crippen LogP contribution in [0.3, 0.4) is 0 Å². The fraction of sp³-hybridized carbons (Fsp3) is 0.850. The fourth-order valence-corrected chi connectivity index (χ4v) is 2.82. The van der Waals surface area contributed by atoms with Gasteiger partial charge in [0.1, 0.15) is 5.60 Å². The molecule has 0 aromatic rings. The van der Waals surface area contributed by atoms with Gasteiger partial charge in [0.05, 0.1) is 13.1 Å². The van der Waals surface area contributed by atoms with Crippen molar-refractivity contribution in [1.82, 2.24) is 20.0 Å². The summed E-state index contributed by atoms with van der Waals surface area (Å²) in [4.78, 5) is 34.8. The summed E-state index contributed by atoms with van der Waals surface area (Å²) < 4.78 is 5.52. The molecule has 1 N–H and O–H groups in total. The van der Waals surface area contributed by atoms with E-state index in [0.29, 0.717) is 38.7 Å². The zero-order valence-corrected chi connectivity index (χ0v) is 21.5. The van der Waals surface area contributed by atoms with E-state index in [1.54, 1.807) is 9.80 Å². The first kappa shape index (κ1) is 27.7. The standard InChI is InChI=1S/C20H39N5O3.HI/c1-8-21-18(23(7)15-17(26)24(9-2)10-3)22-13-14-25(16-11-12-16)19(27)28-20(4,5)6;/h16H,8-15H2,1-7H3,(H,21,22);1H. The van der Waals surface area contributed by atoms with Crippen LogP contribution in [-0.4, -0.2) is 90.6 Å². The predicted molar refractivity (Wildman–Crippen MR) is 128 cm³/mol. The van der Waals surface area contributed by atoms with Gasteiger partial charge < -0.3 is 24.8 Å². The normalized spacial score (nSPS) is 14.0. The number of nitrogens with zero attached hydrogens (tertiary/aromatic N) is 4. The first-order chi connectivity index (χ1) is 13.1. The highest BCUT2D eigenvalue weighted by Gasteiger charge is 2.34. The SMILES string of the molecule is CCNC(=NCCN(C(=O)OC(C)(C)C)C1CC1)N(C)CC(=O)N(CC)CC.I. The van der Waals surface area contributed by atoms with Gasteiger partial charge in [0.2, 0.25) is 5.91 Å². The fourth-order valence-electron chi connectivity index (χ4n) is 2.82. The smallest absolute Gasteiger partial charge is 0.410 e. The molecule has 0 heterocycles. The predicted octanol–water partition coefficient (Wildman–Crippen LogP) is 2.77. The zero-order valence-electron chi connectivity index (χ0n) is 19.2. The van der Waals surface area contributed by atoms with E-state index in [0.717, 1.165) is 12.8 Å².